The van der Waals surface area contributed by atoms with Crippen LogP contribution in [0.2, 0.25) is 0 Å². The Balaban J connectivity index is 2.48. The van der Waals surface area contributed by atoms with Crippen LogP contribution in [0.1, 0.15) is 37.4 Å². The molecule has 1 aromatic carbocycles. The average Bonchev–Trinajstić information content (AvgIpc) is 2.51. The molecule has 0 bridgehead atoms. The molecule has 0 spiro atoms. The summed E-state index contributed by atoms with van der Waals surface area (Å²) in [7, 11) is 0. The standard InChI is InChI=1S/C12H15NS/c1-3-11-9-7-5-6-8-10(9)12(14)13(11)4-2/h5-8,11H,3-4H2,1-2H3. The second-order valence-corrected chi connectivity index (χ2v) is 3.99. The zero-order valence-corrected chi connectivity index (χ0v) is 9.47. The summed E-state index contributed by atoms with van der Waals surface area (Å²) in [4.78, 5) is 3.34. The summed E-state index contributed by atoms with van der Waals surface area (Å²) < 4.78 is 0. The lowest BCUT2D eigenvalue weighted by atomic mass is 10.0. The second-order valence-electron chi connectivity index (χ2n) is 3.60. The molecule has 0 aliphatic carbocycles. The zero-order valence-electron chi connectivity index (χ0n) is 8.66. The highest BCUT2D eigenvalue weighted by atomic mass is 32.1. The Bertz CT molecular complexity index is 359. The van der Waals surface area contributed by atoms with Crippen LogP contribution in [0.4, 0.5) is 0 Å². The van der Waals surface area contributed by atoms with E-state index in [9.17, 15) is 0 Å². The molecular formula is C12H15NS. The first kappa shape index (κ1) is 9.66. The maximum absolute atomic E-state index is 5.46. The molecule has 1 atom stereocenters. The van der Waals surface area contributed by atoms with Crippen LogP contribution in [-0.4, -0.2) is 16.4 Å². The van der Waals surface area contributed by atoms with E-state index >= 15 is 0 Å². The fourth-order valence-electron chi connectivity index (χ4n) is 2.25. The molecule has 1 aliphatic rings. The third-order valence-electron chi connectivity index (χ3n) is 2.91. The largest absolute Gasteiger partial charge is 0.356 e. The minimum absolute atomic E-state index is 0.503. The van der Waals surface area contributed by atoms with Gasteiger partial charge in [0.05, 0.1) is 6.04 Å². The van der Waals surface area contributed by atoms with Crippen LogP contribution < -0.4 is 0 Å². The third-order valence-corrected chi connectivity index (χ3v) is 3.37. The molecule has 0 radical (unpaired) electrons. The highest BCUT2D eigenvalue weighted by Crippen LogP contribution is 2.35. The van der Waals surface area contributed by atoms with Crippen molar-refractivity contribution < 1.29 is 0 Å². The number of rotatable bonds is 2. The van der Waals surface area contributed by atoms with Crippen LogP contribution in [0.15, 0.2) is 24.3 Å². The van der Waals surface area contributed by atoms with Gasteiger partial charge in [-0.25, -0.2) is 0 Å². The molecule has 2 heteroatoms. The van der Waals surface area contributed by atoms with Crippen molar-refractivity contribution in [2.45, 2.75) is 26.3 Å². The maximum atomic E-state index is 5.46. The summed E-state index contributed by atoms with van der Waals surface area (Å²) in [6, 6.07) is 9.01. The van der Waals surface area contributed by atoms with Crippen molar-refractivity contribution in [3.8, 4) is 0 Å². The van der Waals surface area contributed by atoms with Crippen molar-refractivity contribution in [3.05, 3.63) is 35.4 Å². The first-order valence-corrected chi connectivity index (χ1v) is 5.60. The predicted octanol–water partition coefficient (Wildman–Crippen LogP) is 3.15. The minimum Gasteiger partial charge on any atom is -0.356 e. The van der Waals surface area contributed by atoms with E-state index in [1.165, 1.54) is 11.1 Å². The predicted molar refractivity (Wildman–Crippen MR) is 63.6 cm³/mol. The quantitative estimate of drug-likeness (QED) is 0.682. The molecule has 0 aromatic heterocycles. The lowest BCUT2D eigenvalue weighted by Gasteiger charge is -2.24. The Morgan fingerprint density at radius 2 is 2.00 bits per heavy atom. The highest BCUT2D eigenvalue weighted by Gasteiger charge is 2.30. The maximum Gasteiger partial charge on any atom is 0.110 e. The summed E-state index contributed by atoms with van der Waals surface area (Å²) in [5.41, 5.74) is 2.66. The van der Waals surface area contributed by atoms with Crippen LogP contribution in [0.25, 0.3) is 0 Å². The van der Waals surface area contributed by atoms with E-state index < -0.39 is 0 Å². The van der Waals surface area contributed by atoms with E-state index in [2.05, 4.69) is 43.0 Å². The lowest BCUT2D eigenvalue weighted by molar-refractivity contribution is 0.344. The molecule has 0 saturated heterocycles. The molecule has 0 fully saturated rings. The van der Waals surface area contributed by atoms with Crippen LogP contribution in [0.5, 0.6) is 0 Å². The summed E-state index contributed by atoms with van der Waals surface area (Å²) in [5.74, 6) is 0. The van der Waals surface area contributed by atoms with Crippen molar-refractivity contribution in [2.75, 3.05) is 6.54 Å². The van der Waals surface area contributed by atoms with Crippen LogP contribution >= 0.6 is 12.2 Å². The number of thiocarbonyl (C=S) groups is 1. The number of hydrogen-bond acceptors (Lipinski definition) is 1. The normalized spacial score (nSPS) is 20.0. The smallest absolute Gasteiger partial charge is 0.110 e. The molecule has 0 N–H and O–H groups in total. The van der Waals surface area contributed by atoms with Gasteiger partial charge in [0.2, 0.25) is 0 Å². The van der Waals surface area contributed by atoms with Gasteiger partial charge in [-0.1, -0.05) is 43.4 Å². The van der Waals surface area contributed by atoms with E-state index in [4.69, 9.17) is 12.2 Å². The molecule has 0 saturated carbocycles. The van der Waals surface area contributed by atoms with Gasteiger partial charge in [-0.2, -0.15) is 0 Å². The minimum atomic E-state index is 0.503. The van der Waals surface area contributed by atoms with Crippen LogP contribution in [0, 0.1) is 0 Å². The molecule has 1 aliphatic heterocycles. The highest BCUT2D eigenvalue weighted by molar-refractivity contribution is 7.80. The number of nitrogens with zero attached hydrogens (tertiary/aromatic N) is 1. The second kappa shape index (κ2) is 3.70. The molecule has 14 heavy (non-hydrogen) atoms. The third kappa shape index (κ3) is 1.25. The van der Waals surface area contributed by atoms with Crippen molar-refractivity contribution in [3.63, 3.8) is 0 Å². The van der Waals surface area contributed by atoms with Gasteiger partial charge in [0.15, 0.2) is 0 Å². The molecule has 0 amide bonds. The summed E-state index contributed by atoms with van der Waals surface area (Å²) in [6.45, 7) is 5.39. The molecule has 1 unspecified atom stereocenters. The zero-order chi connectivity index (χ0) is 10.1. The first-order chi connectivity index (χ1) is 6.79. The van der Waals surface area contributed by atoms with Gasteiger partial charge in [-0.15, -0.1) is 0 Å². The Hall–Kier alpha value is -0.890. The fourth-order valence-corrected chi connectivity index (χ4v) is 2.69. The van der Waals surface area contributed by atoms with Gasteiger partial charge in [-0.3, -0.25) is 0 Å². The average molecular weight is 205 g/mol. The SMILES string of the molecule is CCC1c2ccccc2C(=S)N1CC. The molecule has 1 nitrogen and oxygen atoms in total. The number of fused-ring (bicyclic) bond motifs is 1. The molecular weight excluding hydrogens is 190 g/mol. The van der Waals surface area contributed by atoms with Crippen molar-refractivity contribution in [1.29, 1.82) is 0 Å². The van der Waals surface area contributed by atoms with E-state index in [1.807, 2.05) is 0 Å². The summed E-state index contributed by atoms with van der Waals surface area (Å²) in [5, 5.41) is 0. The van der Waals surface area contributed by atoms with Crippen molar-refractivity contribution >= 4 is 17.2 Å². The Labute approximate surface area is 90.7 Å². The summed E-state index contributed by atoms with van der Waals surface area (Å²) >= 11 is 5.46. The lowest BCUT2D eigenvalue weighted by Crippen LogP contribution is -2.26. The van der Waals surface area contributed by atoms with Gasteiger partial charge in [0, 0.05) is 12.1 Å². The molecule has 1 heterocycles. The van der Waals surface area contributed by atoms with Crippen molar-refractivity contribution in [2.24, 2.45) is 0 Å². The van der Waals surface area contributed by atoms with Crippen molar-refractivity contribution in [1.82, 2.24) is 4.90 Å². The summed E-state index contributed by atoms with van der Waals surface area (Å²) in [6.07, 6.45) is 1.13. The topological polar surface area (TPSA) is 3.24 Å². The van der Waals surface area contributed by atoms with Crippen LogP contribution in [-0.2, 0) is 0 Å². The van der Waals surface area contributed by atoms with E-state index in [0.29, 0.717) is 6.04 Å². The van der Waals surface area contributed by atoms with Gasteiger partial charge < -0.3 is 4.90 Å². The van der Waals surface area contributed by atoms with Gasteiger partial charge in [-0.05, 0) is 18.9 Å². The van der Waals surface area contributed by atoms with Gasteiger partial charge in [0.1, 0.15) is 4.99 Å². The fraction of sp³-hybridized carbons (Fsp3) is 0.417. The molecule has 2 rings (SSSR count). The van der Waals surface area contributed by atoms with E-state index in [-0.39, 0.29) is 0 Å². The van der Waals surface area contributed by atoms with E-state index in [0.717, 1.165) is 18.0 Å². The molecule has 1 aromatic rings. The van der Waals surface area contributed by atoms with Crippen LogP contribution in [0.3, 0.4) is 0 Å². The van der Waals surface area contributed by atoms with E-state index in [1.54, 1.807) is 0 Å². The monoisotopic (exact) mass is 205 g/mol. The van der Waals surface area contributed by atoms with Gasteiger partial charge in [0.25, 0.3) is 0 Å². The Morgan fingerprint density at radius 3 is 2.64 bits per heavy atom. The number of benzene rings is 1. The first-order valence-electron chi connectivity index (χ1n) is 5.19. The van der Waals surface area contributed by atoms with Gasteiger partial charge >= 0.3 is 0 Å². The Kier molecular flexibility index (Phi) is 2.55. The molecule has 74 valence electrons. The Morgan fingerprint density at radius 1 is 1.29 bits per heavy atom. The number of hydrogen-bond donors (Lipinski definition) is 0.